The van der Waals surface area contributed by atoms with Crippen LogP contribution in [0, 0.1) is 11.8 Å². The molecule has 0 spiro atoms. The lowest BCUT2D eigenvalue weighted by atomic mass is 10.0. The number of hydrogen-bond acceptors (Lipinski definition) is 4. The van der Waals surface area contributed by atoms with Gasteiger partial charge in [0.1, 0.15) is 11.8 Å². The molecule has 0 aromatic heterocycles. The molecule has 7 nitrogen and oxygen atoms in total. The first-order valence-corrected chi connectivity index (χ1v) is 10.3. The summed E-state index contributed by atoms with van der Waals surface area (Å²) in [5.74, 6) is -0.467. The number of carbonyl (C=O) groups excluding carboxylic acids is 3. The van der Waals surface area contributed by atoms with E-state index >= 15 is 0 Å². The molecule has 0 aliphatic rings. The summed E-state index contributed by atoms with van der Waals surface area (Å²) in [7, 11) is 0. The number of benzene rings is 1. The van der Waals surface area contributed by atoms with Gasteiger partial charge in [0.05, 0.1) is 11.6 Å². The van der Waals surface area contributed by atoms with Gasteiger partial charge < -0.3 is 10.1 Å². The maximum atomic E-state index is 12.3. The van der Waals surface area contributed by atoms with E-state index in [0.29, 0.717) is 28.6 Å². The fourth-order valence-corrected chi connectivity index (χ4v) is 2.88. The second-order valence-electron chi connectivity index (χ2n) is 7.45. The van der Waals surface area contributed by atoms with E-state index in [9.17, 15) is 14.4 Å². The highest BCUT2D eigenvalue weighted by molar-refractivity contribution is 6.35. The number of halogens is 2. The lowest BCUT2D eigenvalue weighted by Crippen LogP contribution is -2.54. The van der Waals surface area contributed by atoms with Crippen LogP contribution < -0.4 is 20.9 Å². The number of rotatable bonds is 10. The van der Waals surface area contributed by atoms with Crippen molar-refractivity contribution in [2.24, 2.45) is 11.8 Å². The molecule has 0 aliphatic heterocycles. The van der Waals surface area contributed by atoms with Crippen molar-refractivity contribution in [1.29, 1.82) is 0 Å². The summed E-state index contributed by atoms with van der Waals surface area (Å²) in [6.45, 7) is 7.77. The minimum Gasteiger partial charge on any atom is -0.492 e. The van der Waals surface area contributed by atoms with E-state index in [1.807, 2.05) is 27.7 Å². The second kappa shape index (κ2) is 12.5. The zero-order chi connectivity index (χ0) is 22.0. The summed E-state index contributed by atoms with van der Waals surface area (Å²) in [6, 6.07) is 4.17. The van der Waals surface area contributed by atoms with Crippen LogP contribution >= 0.6 is 23.2 Å². The monoisotopic (exact) mass is 445 g/mol. The molecular weight excluding hydrogens is 417 g/mol. The van der Waals surface area contributed by atoms with E-state index in [2.05, 4.69) is 16.2 Å². The van der Waals surface area contributed by atoms with Crippen LogP contribution in [-0.4, -0.2) is 30.4 Å². The van der Waals surface area contributed by atoms with E-state index < -0.39 is 11.9 Å². The molecule has 0 heterocycles. The van der Waals surface area contributed by atoms with Crippen molar-refractivity contribution in [3.05, 3.63) is 28.2 Å². The van der Waals surface area contributed by atoms with Crippen molar-refractivity contribution in [3.63, 3.8) is 0 Å². The van der Waals surface area contributed by atoms with Crippen LogP contribution in [0.15, 0.2) is 18.2 Å². The summed E-state index contributed by atoms with van der Waals surface area (Å²) in [5, 5.41) is 3.62. The summed E-state index contributed by atoms with van der Waals surface area (Å²) in [6.07, 6.45) is 0.914. The molecule has 0 fully saturated rings. The average Bonchev–Trinajstić information content (AvgIpc) is 2.61. The highest BCUT2D eigenvalue weighted by Crippen LogP contribution is 2.27. The van der Waals surface area contributed by atoms with Crippen LogP contribution in [-0.2, 0) is 14.4 Å². The van der Waals surface area contributed by atoms with Crippen LogP contribution in [0.1, 0.15) is 47.0 Å². The van der Waals surface area contributed by atoms with Gasteiger partial charge in [-0.25, -0.2) is 0 Å². The number of amides is 3. The first-order valence-electron chi connectivity index (χ1n) is 9.56. The number of ether oxygens (including phenoxy) is 1. The molecule has 1 aromatic rings. The topological polar surface area (TPSA) is 96.5 Å². The van der Waals surface area contributed by atoms with Gasteiger partial charge in [0.2, 0.25) is 11.8 Å². The maximum Gasteiger partial charge on any atom is 0.261 e. The van der Waals surface area contributed by atoms with Crippen LogP contribution in [0.3, 0.4) is 0 Å². The van der Waals surface area contributed by atoms with Crippen LogP contribution in [0.2, 0.25) is 10.0 Å². The Kier molecular flexibility index (Phi) is 10.8. The molecule has 0 saturated carbocycles. The fraction of sp³-hybridized carbons (Fsp3) is 0.550. The third-order valence-corrected chi connectivity index (χ3v) is 4.41. The zero-order valence-corrected chi connectivity index (χ0v) is 18.7. The second-order valence-corrected chi connectivity index (χ2v) is 8.29. The Balaban J connectivity index is 2.35. The fourth-order valence-electron chi connectivity index (χ4n) is 2.42. The van der Waals surface area contributed by atoms with Gasteiger partial charge in [0.15, 0.2) is 0 Å². The smallest absolute Gasteiger partial charge is 0.261 e. The molecule has 0 aliphatic carbocycles. The molecule has 0 saturated heterocycles. The summed E-state index contributed by atoms with van der Waals surface area (Å²) in [4.78, 5) is 36.2. The lowest BCUT2D eigenvalue weighted by molar-refractivity contribution is -0.133. The van der Waals surface area contributed by atoms with Crippen LogP contribution in [0.4, 0.5) is 0 Å². The van der Waals surface area contributed by atoms with E-state index in [-0.39, 0.29) is 36.7 Å². The minimum absolute atomic E-state index is 0.125. The SMILES string of the molecule is CC(C)CC(=O)NC(C(=O)NNC(=O)CCCOc1ccc(Cl)cc1Cl)C(C)C. The molecule has 162 valence electrons. The number of hydrogen-bond donors (Lipinski definition) is 3. The highest BCUT2D eigenvalue weighted by Gasteiger charge is 2.24. The van der Waals surface area contributed by atoms with Gasteiger partial charge in [-0.3, -0.25) is 25.2 Å². The molecule has 9 heteroatoms. The molecule has 1 unspecified atom stereocenters. The van der Waals surface area contributed by atoms with Crippen molar-refractivity contribution in [2.75, 3.05) is 6.61 Å². The van der Waals surface area contributed by atoms with E-state index in [1.165, 1.54) is 0 Å². The minimum atomic E-state index is -0.725. The number of nitrogens with one attached hydrogen (secondary N) is 3. The van der Waals surface area contributed by atoms with Crippen molar-refractivity contribution in [1.82, 2.24) is 16.2 Å². The number of hydrazine groups is 1. The van der Waals surface area contributed by atoms with Crippen molar-refractivity contribution < 1.29 is 19.1 Å². The third kappa shape index (κ3) is 9.85. The van der Waals surface area contributed by atoms with Gasteiger partial charge in [0, 0.05) is 17.9 Å². The van der Waals surface area contributed by atoms with Gasteiger partial charge in [-0.2, -0.15) is 0 Å². The zero-order valence-electron chi connectivity index (χ0n) is 17.2. The van der Waals surface area contributed by atoms with Gasteiger partial charge in [-0.05, 0) is 36.5 Å². The Morgan fingerprint density at radius 3 is 2.31 bits per heavy atom. The van der Waals surface area contributed by atoms with Crippen molar-refractivity contribution in [2.45, 2.75) is 53.0 Å². The van der Waals surface area contributed by atoms with Gasteiger partial charge >= 0.3 is 0 Å². The quantitative estimate of drug-likeness (QED) is 0.379. The van der Waals surface area contributed by atoms with Crippen LogP contribution in [0.25, 0.3) is 0 Å². The van der Waals surface area contributed by atoms with E-state index in [0.717, 1.165) is 0 Å². The van der Waals surface area contributed by atoms with Gasteiger partial charge in [0.25, 0.3) is 5.91 Å². The first kappa shape index (κ1) is 25.0. The molecule has 1 aromatic carbocycles. The summed E-state index contributed by atoms with van der Waals surface area (Å²) >= 11 is 11.8. The molecule has 3 amide bonds. The normalized spacial score (nSPS) is 11.9. The van der Waals surface area contributed by atoms with Crippen molar-refractivity contribution in [3.8, 4) is 5.75 Å². The highest BCUT2D eigenvalue weighted by atomic mass is 35.5. The van der Waals surface area contributed by atoms with Crippen LogP contribution in [0.5, 0.6) is 5.75 Å². The Morgan fingerprint density at radius 2 is 1.72 bits per heavy atom. The van der Waals surface area contributed by atoms with Gasteiger partial charge in [-0.15, -0.1) is 0 Å². The molecule has 1 rings (SSSR count). The van der Waals surface area contributed by atoms with Crippen molar-refractivity contribution >= 4 is 40.9 Å². The number of carbonyl (C=O) groups is 3. The lowest BCUT2D eigenvalue weighted by Gasteiger charge is -2.22. The van der Waals surface area contributed by atoms with E-state index in [4.69, 9.17) is 27.9 Å². The predicted molar refractivity (Wildman–Crippen MR) is 114 cm³/mol. The standard InChI is InChI=1S/C20H29Cl2N3O4/c1-12(2)10-18(27)23-19(13(3)4)20(28)25-24-17(26)6-5-9-29-16-8-7-14(21)11-15(16)22/h7-8,11-13,19H,5-6,9-10H2,1-4H3,(H,23,27)(H,24,26)(H,25,28). The Labute approximate surface area is 181 Å². The third-order valence-electron chi connectivity index (χ3n) is 3.88. The molecule has 29 heavy (non-hydrogen) atoms. The molecule has 0 radical (unpaired) electrons. The average molecular weight is 446 g/mol. The molecule has 1 atom stereocenters. The Morgan fingerprint density at radius 1 is 1.03 bits per heavy atom. The van der Waals surface area contributed by atoms with Gasteiger partial charge in [-0.1, -0.05) is 50.9 Å². The Bertz CT molecular complexity index is 711. The Hall–Kier alpha value is -1.99. The predicted octanol–water partition coefficient (Wildman–Crippen LogP) is 3.49. The molecule has 3 N–H and O–H groups in total. The maximum absolute atomic E-state index is 12.3. The summed E-state index contributed by atoms with van der Waals surface area (Å²) in [5.41, 5.74) is 4.73. The van der Waals surface area contributed by atoms with E-state index in [1.54, 1.807) is 18.2 Å². The summed E-state index contributed by atoms with van der Waals surface area (Å²) < 4.78 is 5.51. The molecule has 0 bridgehead atoms. The first-order chi connectivity index (χ1) is 13.6. The molecular formula is C20H29Cl2N3O4. The largest absolute Gasteiger partial charge is 0.492 e.